The first kappa shape index (κ1) is 22.3. The van der Waals surface area contributed by atoms with Crippen LogP contribution in [-0.2, 0) is 0 Å². The standard InChI is InChI=1S/C24H15FN10O4/c1-33(24(36)37)16-7-12(25)6-15-19-21(30-20(15)16)31-23(39-14-9-27-18-3-5-29-35(18)11-14)32-22(19)38-13-8-26-17-2-4-28-34(17)10-13/h2-11H,1H3,(H,36,37)(H,30,31,32). The summed E-state index contributed by atoms with van der Waals surface area (Å²) in [6.07, 6.45) is 8.10. The first-order valence-electron chi connectivity index (χ1n) is 11.4. The zero-order valence-corrected chi connectivity index (χ0v) is 19.8. The minimum Gasteiger partial charge on any atom is -0.465 e. The van der Waals surface area contributed by atoms with Crippen LogP contribution in [0.15, 0.2) is 61.4 Å². The number of halogens is 1. The predicted molar refractivity (Wildman–Crippen MR) is 134 cm³/mol. The number of anilines is 1. The Kier molecular flexibility index (Phi) is 4.78. The van der Waals surface area contributed by atoms with Crippen LogP contribution in [0.3, 0.4) is 0 Å². The van der Waals surface area contributed by atoms with Crippen molar-refractivity contribution < 1.29 is 23.8 Å². The van der Waals surface area contributed by atoms with E-state index in [1.165, 1.54) is 34.5 Å². The van der Waals surface area contributed by atoms with Gasteiger partial charge in [-0.2, -0.15) is 20.2 Å². The molecule has 2 N–H and O–H groups in total. The summed E-state index contributed by atoms with van der Waals surface area (Å²) in [6.45, 7) is 0. The van der Waals surface area contributed by atoms with Crippen LogP contribution in [0.1, 0.15) is 0 Å². The monoisotopic (exact) mass is 526 g/mol. The molecule has 0 saturated heterocycles. The van der Waals surface area contributed by atoms with Crippen LogP contribution in [0.5, 0.6) is 23.4 Å². The summed E-state index contributed by atoms with van der Waals surface area (Å²) in [5.41, 5.74) is 1.84. The Bertz CT molecular complexity index is 2070. The molecule has 6 heterocycles. The van der Waals surface area contributed by atoms with Crippen LogP contribution < -0.4 is 14.4 Å². The molecule has 0 aliphatic rings. The van der Waals surface area contributed by atoms with Gasteiger partial charge in [0.05, 0.1) is 53.8 Å². The molecule has 192 valence electrons. The third kappa shape index (κ3) is 3.76. The van der Waals surface area contributed by atoms with E-state index < -0.39 is 11.9 Å². The Morgan fingerprint density at radius 3 is 2.33 bits per heavy atom. The highest BCUT2D eigenvalue weighted by Gasteiger charge is 2.22. The Hall–Kier alpha value is -5.86. The largest absolute Gasteiger partial charge is 0.465 e. The van der Waals surface area contributed by atoms with E-state index in [2.05, 4.69) is 35.1 Å². The molecule has 0 spiro atoms. The van der Waals surface area contributed by atoms with Gasteiger partial charge in [0.1, 0.15) is 11.5 Å². The van der Waals surface area contributed by atoms with E-state index in [9.17, 15) is 14.3 Å². The Morgan fingerprint density at radius 2 is 1.67 bits per heavy atom. The van der Waals surface area contributed by atoms with Crippen LogP contribution in [0.25, 0.3) is 33.2 Å². The lowest BCUT2D eigenvalue weighted by Gasteiger charge is -2.14. The zero-order valence-electron chi connectivity index (χ0n) is 19.8. The Morgan fingerprint density at radius 1 is 1.00 bits per heavy atom. The predicted octanol–water partition coefficient (Wildman–Crippen LogP) is 4.03. The average molecular weight is 526 g/mol. The smallest absolute Gasteiger partial charge is 0.411 e. The van der Waals surface area contributed by atoms with Gasteiger partial charge in [0.15, 0.2) is 22.8 Å². The normalized spacial score (nSPS) is 11.5. The van der Waals surface area contributed by atoms with Gasteiger partial charge in [-0.1, -0.05) is 0 Å². The molecule has 1 aromatic carbocycles. The number of aromatic amines is 1. The maximum absolute atomic E-state index is 14.7. The van der Waals surface area contributed by atoms with E-state index in [1.807, 2.05) is 0 Å². The quantitative estimate of drug-likeness (QED) is 0.335. The van der Waals surface area contributed by atoms with E-state index in [4.69, 9.17) is 9.47 Å². The van der Waals surface area contributed by atoms with Gasteiger partial charge in [-0.05, 0) is 12.1 Å². The number of carboxylic acid groups (broad SMARTS) is 1. The molecule has 7 rings (SSSR count). The number of amides is 1. The van der Waals surface area contributed by atoms with Gasteiger partial charge in [-0.25, -0.2) is 28.2 Å². The number of ether oxygens (including phenoxy) is 2. The summed E-state index contributed by atoms with van der Waals surface area (Å²) in [4.78, 5) is 33.1. The molecule has 15 heteroatoms. The highest BCUT2D eigenvalue weighted by molar-refractivity contribution is 6.14. The summed E-state index contributed by atoms with van der Waals surface area (Å²) < 4.78 is 29.7. The van der Waals surface area contributed by atoms with Crippen molar-refractivity contribution in [3.8, 4) is 23.4 Å². The molecule has 0 bridgehead atoms. The molecule has 0 aliphatic carbocycles. The van der Waals surface area contributed by atoms with Crippen LogP contribution >= 0.6 is 0 Å². The first-order chi connectivity index (χ1) is 18.9. The number of hydrogen-bond donors (Lipinski definition) is 2. The molecule has 0 aliphatic heterocycles. The van der Waals surface area contributed by atoms with Gasteiger partial charge in [0.25, 0.3) is 0 Å². The number of rotatable bonds is 5. The number of fused-ring (bicyclic) bond motifs is 5. The van der Waals surface area contributed by atoms with Crippen molar-refractivity contribution in [1.82, 2.24) is 44.1 Å². The van der Waals surface area contributed by atoms with Crippen molar-refractivity contribution in [2.75, 3.05) is 11.9 Å². The molecule has 7 aromatic rings. The number of carbonyl (C=O) groups is 1. The fourth-order valence-electron chi connectivity index (χ4n) is 4.19. The number of hydrogen-bond acceptors (Lipinski definition) is 9. The van der Waals surface area contributed by atoms with Crippen molar-refractivity contribution in [3.63, 3.8) is 0 Å². The lowest BCUT2D eigenvalue weighted by atomic mass is 10.1. The molecule has 39 heavy (non-hydrogen) atoms. The summed E-state index contributed by atoms with van der Waals surface area (Å²) in [6, 6.07) is 5.70. The lowest BCUT2D eigenvalue weighted by molar-refractivity contribution is 0.203. The van der Waals surface area contributed by atoms with Gasteiger partial charge < -0.3 is 19.6 Å². The Labute approximate surface area is 215 Å². The third-order valence-corrected chi connectivity index (χ3v) is 5.97. The van der Waals surface area contributed by atoms with Gasteiger partial charge in [-0.15, -0.1) is 0 Å². The minimum absolute atomic E-state index is 0.0113. The average Bonchev–Trinajstić information content (AvgIpc) is 3.65. The number of benzene rings is 1. The molecule has 0 atom stereocenters. The molecule has 0 fully saturated rings. The summed E-state index contributed by atoms with van der Waals surface area (Å²) in [5, 5.41) is 18.4. The van der Waals surface area contributed by atoms with Gasteiger partial charge in [-0.3, -0.25) is 4.90 Å². The maximum Gasteiger partial charge on any atom is 0.411 e. The lowest BCUT2D eigenvalue weighted by Crippen LogP contribution is -2.24. The fourth-order valence-corrected chi connectivity index (χ4v) is 4.19. The highest BCUT2D eigenvalue weighted by Crippen LogP contribution is 2.39. The minimum atomic E-state index is -1.27. The summed E-state index contributed by atoms with van der Waals surface area (Å²) >= 11 is 0. The molecule has 14 nitrogen and oxygen atoms in total. The second-order valence-corrected chi connectivity index (χ2v) is 8.40. The van der Waals surface area contributed by atoms with Gasteiger partial charge in [0, 0.05) is 24.6 Å². The summed E-state index contributed by atoms with van der Waals surface area (Å²) in [7, 11) is 1.31. The molecule has 1 amide bonds. The molecule has 0 saturated carbocycles. The van der Waals surface area contributed by atoms with Crippen molar-refractivity contribution in [2.24, 2.45) is 0 Å². The van der Waals surface area contributed by atoms with Crippen LogP contribution in [0, 0.1) is 5.82 Å². The zero-order chi connectivity index (χ0) is 26.7. The van der Waals surface area contributed by atoms with E-state index in [0.717, 1.165) is 11.0 Å². The topological polar surface area (TPSA) is 161 Å². The second-order valence-electron chi connectivity index (χ2n) is 8.40. The number of aromatic nitrogens is 9. The van der Waals surface area contributed by atoms with E-state index in [1.54, 1.807) is 36.9 Å². The molecular weight excluding hydrogens is 511 g/mol. The molecule has 6 aromatic heterocycles. The van der Waals surface area contributed by atoms with Crippen LogP contribution in [0.2, 0.25) is 0 Å². The van der Waals surface area contributed by atoms with Gasteiger partial charge in [0.2, 0.25) is 5.88 Å². The Balaban J connectivity index is 1.42. The van der Waals surface area contributed by atoms with E-state index in [0.29, 0.717) is 33.3 Å². The van der Waals surface area contributed by atoms with Crippen molar-refractivity contribution >= 4 is 45.0 Å². The number of nitrogens with zero attached hydrogens (tertiary/aromatic N) is 9. The molecular formula is C24H15FN10O4. The second kappa shape index (κ2) is 8.34. The van der Waals surface area contributed by atoms with Crippen LogP contribution in [0.4, 0.5) is 14.9 Å². The maximum atomic E-state index is 14.7. The van der Waals surface area contributed by atoms with Gasteiger partial charge >= 0.3 is 12.1 Å². The summed E-state index contributed by atoms with van der Waals surface area (Å²) in [5.74, 6) is -0.0665. The molecule has 0 radical (unpaired) electrons. The van der Waals surface area contributed by atoms with E-state index in [-0.39, 0.29) is 29.0 Å². The fraction of sp³-hybridized carbons (Fsp3) is 0.0417. The third-order valence-electron chi connectivity index (χ3n) is 5.97. The van der Waals surface area contributed by atoms with Crippen molar-refractivity contribution in [1.29, 1.82) is 0 Å². The van der Waals surface area contributed by atoms with E-state index >= 15 is 0 Å². The number of H-pyrrole nitrogens is 1. The first-order valence-corrected chi connectivity index (χ1v) is 11.4. The SMILES string of the molecule is CN(C(=O)O)c1cc(F)cc2c1[nH]c1nc(Oc3cnc4ccnn4c3)nc(Oc3cnc4ccnn4c3)c12. The van der Waals surface area contributed by atoms with Crippen molar-refractivity contribution in [2.45, 2.75) is 0 Å². The van der Waals surface area contributed by atoms with Crippen LogP contribution in [-0.4, -0.2) is 62.4 Å². The van der Waals surface area contributed by atoms with Crippen molar-refractivity contribution in [3.05, 3.63) is 67.3 Å². The number of nitrogens with one attached hydrogen (secondary N) is 1. The molecule has 0 unspecified atom stereocenters. The highest BCUT2D eigenvalue weighted by atomic mass is 19.1.